The van der Waals surface area contributed by atoms with Gasteiger partial charge in [-0.25, -0.2) is 4.39 Å². The quantitative estimate of drug-likeness (QED) is 0.470. The molecule has 3 fully saturated rings. The fourth-order valence-corrected chi connectivity index (χ4v) is 6.96. The summed E-state index contributed by atoms with van der Waals surface area (Å²) in [5, 5.41) is 3.19. The number of hydrogen-bond donors (Lipinski definition) is 2. The molecule has 0 radical (unpaired) electrons. The molecule has 5 rings (SSSR count). The van der Waals surface area contributed by atoms with Crippen LogP contribution < -0.4 is 5.32 Å². The number of Topliss-reactive ketones (excluding diaryl/α,β-unsaturated/α-hetero) is 2. The number of carbonyl (C=O) groups is 4. The van der Waals surface area contributed by atoms with E-state index in [0.717, 1.165) is 38.2 Å². The third-order valence-corrected chi connectivity index (χ3v) is 9.09. The molecule has 10 heteroatoms. The van der Waals surface area contributed by atoms with Crippen molar-refractivity contribution < 1.29 is 23.6 Å². The van der Waals surface area contributed by atoms with Gasteiger partial charge in [-0.2, -0.15) is 0 Å². The number of aromatic amines is 1. The molecule has 0 bridgehead atoms. The highest BCUT2D eigenvalue weighted by molar-refractivity contribution is 6.40. The van der Waals surface area contributed by atoms with Crippen LogP contribution in [0, 0.1) is 23.6 Å². The molecule has 2 N–H and O–H groups in total. The van der Waals surface area contributed by atoms with Crippen LogP contribution in [-0.4, -0.2) is 51.9 Å². The van der Waals surface area contributed by atoms with E-state index in [1.165, 1.54) is 6.07 Å². The van der Waals surface area contributed by atoms with Gasteiger partial charge in [0.1, 0.15) is 23.3 Å². The van der Waals surface area contributed by atoms with Crippen molar-refractivity contribution in [1.82, 2.24) is 15.2 Å². The summed E-state index contributed by atoms with van der Waals surface area (Å²) in [5.74, 6) is -1.46. The first-order valence-corrected chi connectivity index (χ1v) is 13.8. The van der Waals surface area contributed by atoms with E-state index in [1.54, 1.807) is 11.8 Å². The minimum Gasteiger partial charge on any atom is -0.349 e. The van der Waals surface area contributed by atoms with Crippen molar-refractivity contribution in [2.75, 3.05) is 6.54 Å². The Morgan fingerprint density at radius 3 is 2.68 bits per heavy atom. The molecule has 7 nitrogen and oxygen atoms in total. The highest BCUT2D eigenvalue weighted by atomic mass is 35.5. The van der Waals surface area contributed by atoms with Crippen molar-refractivity contribution >= 4 is 57.5 Å². The molecule has 1 aromatic carbocycles. The zero-order valence-electron chi connectivity index (χ0n) is 20.6. The lowest BCUT2D eigenvalue weighted by Crippen LogP contribution is -2.53. The fraction of sp³-hybridized carbons (Fsp3) is 0.556. The Balaban J connectivity index is 1.41. The van der Waals surface area contributed by atoms with E-state index in [0.29, 0.717) is 30.3 Å². The second-order valence-corrected chi connectivity index (χ2v) is 11.3. The number of ketones is 2. The van der Waals surface area contributed by atoms with Gasteiger partial charge in [0, 0.05) is 30.7 Å². The number of benzene rings is 1. The van der Waals surface area contributed by atoms with Gasteiger partial charge in [0.15, 0.2) is 5.78 Å². The molecular formula is C27H30Cl2FN3O4. The summed E-state index contributed by atoms with van der Waals surface area (Å²) in [6.07, 6.45) is 5.31. The van der Waals surface area contributed by atoms with Gasteiger partial charge in [-0.05, 0) is 56.1 Å². The molecule has 2 saturated carbocycles. The molecule has 5 atom stereocenters. The SMILES string of the molecule is CCC(=O)C(CC1CCCC1=O)NC(=O)C1C2CCCC2CN1C(=O)c1cc2c(Cl)c(F)cc(Cl)c2[nH]1. The molecular weight excluding hydrogens is 520 g/mol. The van der Waals surface area contributed by atoms with Crippen molar-refractivity contribution in [1.29, 1.82) is 0 Å². The Morgan fingerprint density at radius 2 is 1.97 bits per heavy atom. The summed E-state index contributed by atoms with van der Waals surface area (Å²) in [6.45, 7) is 2.16. The Hall–Kier alpha value is -2.45. The minimum absolute atomic E-state index is 0.0107. The molecule has 2 amide bonds. The maximum absolute atomic E-state index is 14.1. The van der Waals surface area contributed by atoms with Crippen molar-refractivity contribution in [2.24, 2.45) is 17.8 Å². The number of aromatic nitrogens is 1. The lowest BCUT2D eigenvalue weighted by molar-refractivity contribution is -0.131. The Morgan fingerprint density at radius 1 is 1.19 bits per heavy atom. The summed E-state index contributed by atoms with van der Waals surface area (Å²) in [6, 6.07) is 1.07. The summed E-state index contributed by atoms with van der Waals surface area (Å²) >= 11 is 12.3. The van der Waals surface area contributed by atoms with E-state index in [9.17, 15) is 23.6 Å². The molecule has 198 valence electrons. The summed E-state index contributed by atoms with van der Waals surface area (Å²) in [5.41, 5.74) is 0.520. The lowest BCUT2D eigenvalue weighted by atomic mass is 9.91. The molecule has 37 heavy (non-hydrogen) atoms. The second-order valence-electron chi connectivity index (χ2n) is 10.6. The molecule has 3 aliphatic rings. The van der Waals surface area contributed by atoms with E-state index in [2.05, 4.69) is 10.3 Å². The number of amides is 2. The average Bonchev–Trinajstić information content (AvgIpc) is 3.65. The van der Waals surface area contributed by atoms with Gasteiger partial charge in [0.25, 0.3) is 5.91 Å². The van der Waals surface area contributed by atoms with E-state index in [4.69, 9.17) is 23.2 Å². The molecule has 2 aromatic rings. The monoisotopic (exact) mass is 549 g/mol. The maximum atomic E-state index is 14.1. The highest BCUT2D eigenvalue weighted by Gasteiger charge is 2.50. The zero-order valence-corrected chi connectivity index (χ0v) is 22.1. The number of rotatable bonds is 7. The van der Waals surface area contributed by atoms with Crippen LogP contribution in [-0.2, 0) is 14.4 Å². The Kier molecular flexibility index (Phi) is 7.33. The number of likely N-dealkylation sites (tertiary alicyclic amines) is 1. The normalized spacial score (nSPS) is 26.1. The second kappa shape index (κ2) is 10.4. The van der Waals surface area contributed by atoms with Gasteiger partial charge in [0.2, 0.25) is 5.91 Å². The van der Waals surface area contributed by atoms with E-state index in [-0.39, 0.29) is 57.4 Å². The minimum atomic E-state index is -0.754. The van der Waals surface area contributed by atoms with Crippen LogP contribution in [0.1, 0.15) is 68.8 Å². The molecule has 1 aromatic heterocycles. The van der Waals surface area contributed by atoms with Crippen LogP contribution in [0.15, 0.2) is 12.1 Å². The molecule has 1 saturated heterocycles. The van der Waals surface area contributed by atoms with Crippen LogP contribution in [0.25, 0.3) is 10.9 Å². The van der Waals surface area contributed by atoms with Crippen molar-refractivity contribution in [3.8, 4) is 0 Å². The molecule has 1 aliphatic heterocycles. The number of carbonyl (C=O) groups excluding carboxylic acids is 4. The summed E-state index contributed by atoms with van der Waals surface area (Å²) < 4.78 is 14.1. The lowest BCUT2D eigenvalue weighted by Gasteiger charge is -2.29. The number of halogens is 3. The van der Waals surface area contributed by atoms with E-state index >= 15 is 0 Å². The van der Waals surface area contributed by atoms with E-state index in [1.807, 2.05) is 0 Å². The molecule has 5 unspecified atom stereocenters. The predicted octanol–water partition coefficient (Wildman–Crippen LogP) is 5.08. The largest absolute Gasteiger partial charge is 0.349 e. The smallest absolute Gasteiger partial charge is 0.271 e. The first kappa shape index (κ1) is 26.2. The van der Waals surface area contributed by atoms with Gasteiger partial charge in [0.05, 0.1) is 21.6 Å². The molecule has 0 spiro atoms. The standard InChI is InChI=1S/C27H30Cl2FN3O4/c1-2-21(34)19(9-13-5-4-8-22(13)35)32-26(36)25-15-7-3-6-14(15)12-33(25)27(37)20-10-16-23(29)18(30)11-17(28)24(16)31-20/h10-11,13-15,19,25,31H,2-9,12H2,1H3,(H,32,36). The van der Waals surface area contributed by atoms with Gasteiger partial charge in [-0.1, -0.05) is 36.5 Å². The Bertz CT molecular complexity index is 1280. The van der Waals surface area contributed by atoms with Crippen molar-refractivity contribution in [2.45, 2.75) is 70.4 Å². The number of hydrogen-bond acceptors (Lipinski definition) is 4. The first-order chi connectivity index (χ1) is 17.7. The van der Waals surface area contributed by atoms with Crippen LogP contribution in [0.5, 0.6) is 0 Å². The van der Waals surface area contributed by atoms with Crippen LogP contribution >= 0.6 is 23.2 Å². The Labute approximate surface area is 224 Å². The van der Waals surface area contributed by atoms with Crippen molar-refractivity contribution in [3.63, 3.8) is 0 Å². The molecule has 2 heterocycles. The molecule has 2 aliphatic carbocycles. The maximum Gasteiger partial charge on any atom is 0.271 e. The average molecular weight is 550 g/mol. The number of nitrogens with zero attached hydrogens (tertiary/aromatic N) is 1. The topological polar surface area (TPSA) is 99.3 Å². The number of nitrogens with one attached hydrogen (secondary N) is 2. The number of fused-ring (bicyclic) bond motifs is 2. The summed E-state index contributed by atoms with van der Waals surface area (Å²) in [4.78, 5) is 56.9. The van der Waals surface area contributed by atoms with Crippen molar-refractivity contribution in [3.05, 3.63) is 33.7 Å². The van der Waals surface area contributed by atoms with Crippen LogP contribution in [0.4, 0.5) is 4.39 Å². The number of H-pyrrole nitrogens is 1. The van der Waals surface area contributed by atoms with Crippen LogP contribution in [0.3, 0.4) is 0 Å². The highest BCUT2D eigenvalue weighted by Crippen LogP contribution is 2.43. The fourth-order valence-electron chi connectivity index (χ4n) is 6.51. The van der Waals surface area contributed by atoms with Gasteiger partial charge < -0.3 is 15.2 Å². The van der Waals surface area contributed by atoms with Gasteiger partial charge in [-0.3, -0.25) is 19.2 Å². The predicted molar refractivity (Wildman–Crippen MR) is 138 cm³/mol. The first-order valence-electron chi connectivity index (χ1n) is 13.0. The van der Waals surface area contributed by atoms with Gasteiger partial charge >= 0.3 is 0 Å². The van der Waals surface area contributed by atoms with E-state index < -0.39 is 23.8 Å². The third kappa shape index (κ3) is 4.78. The van der Waals surface area contributed by atoms with Gasteiger partial charge in [-0.15, -0.1) is 0 Å². The third-order valence-electron chi connectivity index (χ3n) is 8.41. The zero-order chi connectivity index (χ0) is 26.4. The summed E-state index contributed by atoms with van der Waals surface area (Å²) in [7, 11) is 0. The van der Waals surface area contributed by atoms with Crippen LogP contribution in [0.2, 0.25) is 10.0 Å².